The Bertz CT molecular complexity index is 976. The van der Waals surface area contributed by atoms with E-state index in [9.17, 15) is 9.59 Å². The van der Waals surface area contributed by atoms with Crippen LogP contribution in [0, 0.1) is 0 Å². The number of ether oxygens (including phenoxy) is 1. The summed E-state index contributed by atoms with van der Waals surface area (Å²) in [6, 6.07) is 22.0. The number of hydrogen-bond donors (Lipinski definition) is 2. The van der Waals surface area contributed by atoms with E-state index in [0.717, 1.165) is 22.3 Å². The van der Waals surface area contributed by atoms with Gasteiger partial charge in [-0.2, -0.15) is 0 Å². The third-order valence-electron chi connectivity index (χ3n) is 4.33. The molecule has 0 radical (unpaired) electrons. The summed E-state index contributed by atoms with van der Waals surface area (Å²) < 4.78 is 5.82. The first kappa shape index (κ1) is 19.2. The molecule has 0 aliphatic rings. The van der Waals surface area contributed by atoms with Crippen LogP contribution in [0.3, 0.4) is 0 Å². The van der Waals surface area contributed by atoms with E-state index in [1.165, 1.54) is 0 Å². The van der Waals surface area contributed by atoms with Gasteiger partial charge in [-0.1, -0.05) is 42.5 Å². The number of carboxylic acids is 2. The first-order chi connectivity index (χ1) is 13.5. The van der Waals surface area contributed by atoms with E-state index in [-0.39, 0.29) is 12.0 Å². The summed E-state index contributed by atoms with van der Waals surface area (Å²) in [5, 5.41) is 17.9. The predicted molar refractivity (Wildman–Crippen MR) is 106 cm³/mol. The third-order valence-corrected chi connectivity index (χ3v) is 4.33. The molecule has 3 aromatic rings. The number of aliphatic carboxylic acids is 1. The lowest BCUT2D eigenvalue weighted by Gasteiger charge is -2.09. The second-order valence-corrected chi connectivity index (χ2v) is 6.41. The Labute approximate surface area is 162 Å². The lowest BCUT2D eigenvalue weighted by atomic mass is 10.0. The van der Waals surface area contributed by atoms with Gasteiger partial charge >= 0.3 is 11.9 Å². The standard InChI is InChI=1S/C23H20O5/c24-22(25)12-9-16-7-10-21(11-8-16)28-15-17-3-1-4-18(13-17)19-5-2-6-20(14-19)23(26)27/h1-8,10-11,13-14H,9,12,15H2,(H,24,25)(H,26,27). The highest BCUT2D eigenvalue weighted by molar-refractivity contribution is 5.89. The summed E-state index contributed by atoms with van der Waals surface area (Å²) in [4.78, 5) is 21.8. The lowest BCUT2D eigenvalue weighted by molar-refractivity contribution is -0.136. The molecule has 0 saturated carbocycles. The van der Waals surface area contributed by atoms with Gasteiger partial charge in [0.2, 0.25) is 0 Å². The average molecular weight is 376 g/mol. The first-order valence-electron chi connectivity index (χ1n) is 8.87. The van der Waals surface area contributed by atoms with Crippen molar-refractivity contribution in [3.05, 3.63) is 89.5 Å². The van der Waals surface area contributed by atoms with Crippen molar-refractivity contribution in [3.8, 4) is 16.9 Å². The minimum absolute atomic E-state index is 0.107. The van der Waals surface area contributed by atoms with Crippen molar-refractivity contribution >= 4 is 11.9 Å². The molecule has 142 valence electrons. The molecule has 0 fully saturated rings. The fourth-order valence-electron chi connectivity index (χ4n) is 2.84. The van der Waals surface area contributed by atoms with Crippen molar-refractivity contribution in [2.45, 2.75) is 19.4 Å². The van der Waals surface area contributed by atoms with E-state index < -0.39 is 11.9 Å². The largest absolute Gasteiger partial charge is 0.489 e. The summed E-state index contributed by atoms with van der Waals surface area (Å²) in [7, 11) is 0. The molecule has 0 aromatic heterocycles. The minimum atomic E-state index is -0.951. The fraction of sp³-hybridized carbons (Fsp3) is 0.130. The van der Waals surface area contributed by atoms with Gasteiger partial charge in [-0.05, 0) is 59.0 Å². The molecule has 0 heterocycles. The van der Waals surface area contributed by atoms with Crippen molar-refractivity contribution in [2.75, 3.05) is 0 Å². The fourth-order valence-corrected chi connectivity index (χ4v) is 2.84. The van der Waals surface area contributed by atoms with Crippen molar-refractivity contribution in [2.24, 2.45) is 0 Å². The average Bonchev–Trinajstić information content (AvgIpc) is 2.72. The molecule has 0 bridgehead atoms. The zero-order valence-corrected chi connectivity index (χ0v) is 15.2. The van der Waals surface area contributed by atoms with Crippen LogP contribution >= 0.6 is 0 Å². The zero-order chi connectivity index (χ0) is 19.9. The van der Waals surface area contributed by atoms with Crippen LogP contribution in [0.2, 0.25) is 0 Å². The van der Waals surface area contributed by atoms with E-state index >= 15 is 0 Å². The van der Waals surface area contributed by atoms with E-state index in [0.29, 0.717) is 18.8 Å². The quantitative estimate of drug-likeness (QED) is 0.598. The smallest absolute Gasteiger partial charge is 0.335 e. The van der Waals surface area contributed by atoms with Gasteiger partial charge in [-0.3, -0.25) is 4.79 Å². The van der Waals surface area contributed by atoms with Crippen molar-refractivity contribution < 1.29 is 24.5 Å². The van der Waals surface area contributed by atoms with Gasteiger partial charge < -0.3 is 14.9 Å². The maximum atomic E-state index is 11.2. The molecule has 3 rings (SSSR count). The number of aryl methyl sites for hydroxylation is 1. The van der Waals surface area contributed by atoms with Crippen LogP contribution in [0.4, 0.5) is 0 Å². The molecule has 0 saturated heterocycles. The summed E-state index contributed by atoms with van der Waals surface area (Å²) in [5.74, 6) is -1.06. The minimum Gasteiger partial charge on any atom is -0.489 e. The first-order valence-corrected chi connectivity index (χ1v) is 8.87. The van der Waals surface area contributed by atoms with Crippen LogP contribution in [0.25, 0.3) is 11.1 Å². The molecule has 0 amide bonds. The van der Waals surface area contributed by atoms with Gasteiger partial charge in [-0.15, -0.1) is 0 Å². The highest BCUT2D eigenvalue weighted by Crippen LogP contribution is 2.23. The highest BCUT2D eigenvalue weighted by Gasteiger charge is 2.06. The molecule has 28 heavy (non-hydrogen) atoms. The second kappa shape index (κ2) is 8.86. The zero-order valence-electron chi connectivity index (χ0n) is 15.2. The third kappa shape index (κ3) is 5.20. The van der Waals surface area contributed by atoms with Crippen molar-refractivity contribution in [3.63, 3.8) is 0 Å². The number of carbonyl (C=O) groups is 2. The Balaban J connectivity index is 1.66. The maximum absolute atomic E-state index is 11.2. The number of rotatable bonds is 8. The van der Waals surface area contributed by atoms with Gasteiger partial charge in [0.15, 0.2) is 0 Å². The molecule has 2 N–H and O–H groups in total. The molecule has 0 aliphatic heterocycles. The van der Waals surface area contributed by atoms with E-state index in [2.05, 4.69) is 0 Å². The Hall–Kier alpha value is -3.60. The molecule has 0 unspecified atom stereocenters. The Morgan fingerprint density at radius 3 is 2.14 bits per heavy atom. The van der Waals surface area contributed by atoms with Gasteiger partial charge in [0, 0.05) is 6.42 Å². The molecular formula is C23H20O5. The topological polar surface area (TPSA) is 83.8 Å². The summed E-state index contributed by atoms with van der Waals surface area (Å²) >= 11 is 0. The number of hydrogen-bond acceptors (Lipinski definition) is 3. The van der Waals surface area contributed by atoms with E-state index in [1.54, 1.807) is 18.2 Å². The monoisotopic (exact) mass is 376 g/mol. The molecule has 0 atom stereocenters. The molecule has 0 spiro atoms. The lowest BCUT2D eigenvalue weighted by Crippen LogP contribution is -1.98. The van der Waals surface area contributed by atoms with Crippen molar-refractivity contribution in [1.29, 1.82) is 0 Å². The van der Waals surface area contributed by atoms with Crippen LogP contribution in [0.15, 0.2) is 72.8 Å². The van der Waals surface area contributed by atoms with Crippen molar-refractivity contribution in [1.82, 2.24) is 0 Å². The number of benzene rings is 3. The van der Waals surface area contributed by atoms with Gasteiger partial charge in [0.05, 0.1) is 5.56 Å². The summed E-state index contributed by atoms with van der Waals surface area (Å²) in [5.41, 5.74) is 3.93. The SMILES string of the molecule is O=C(O)CCc1ccc(OCc2cccc(-c3cccc(C(=O)O)c3)c2)cc1. The maximum Gasteiger partial charge on any atom is 0.335 e. The predicted octanol–water partition coefficient (Wildman–Crippen LogP) is 4.65. The van der Waals surface area contributed by atoms with Crippen LogP contribution in [-0.2, 0) is 17.8 Å². The number of aromatic carboxylic acids is 1. The van der Waals surface area contributed by atoms with Crippen LogP contribution in [0.5, 0.6) is 5.75 Å². The van der Waals surface area contributed by atoms with E-state index in [1.807, 2.05) is 54.6 Å². The second-order valence-electron chi connectivity index (χ2n) is 6.41. The van der Waals surface area contributed by atoms with Crippen LogP contribution in [0.1, 0.15) is 27.9 Å². The summed E-state index contributed by atoms with van der Waals surface area (Å²) in [6.45, 7) is 0.376. The molecule has 3 aromatic carbocycles. The van der Waals surface area contributed by atoms with Crippen LogP contribution < -0.4 is 4.74 Å². The Morgan fingerprint density at radius 2 is 1.46 bits per heavy atom. The van der Waals surface area contributed by atoms with E-state index in [4.69, 9.17) is 14.9 Å². The molecule has 0 aliphatic carbocycles. The summed E-state index contributed by atoms with van der Waals surface area (Å²) in [6.07, 6.45) is 0.600. The molecular weight excluding hydrogens is 356 g/mol. The van der Waals surface area contributed by atoms with Gasteiger partial charge in [0.25, 0.3) is 0 Å². The Kier molecular flexibility index (Phi) is 6.07. The van der Waals surface area contributed by atoms with Gasteiger partial charge in [-0.25, -0.2) is 4.79 Å². The Morgan fingerprint density at radius 1 is 0.786 bits per heavy atom. The molecule has 5 nitrogen and oxygen atoms in total. The van der Waals surface area contributed by atoms with Crippen LogP contribution in [-0.4, -0.2) is 22.2 Å². The van der Waals surface area contributed by atoms with Gasteiger partial charge in [0.1, 0.15) is 12.4 Å². The molecule has 5 heteroatoms. The highest BCUT2D eigenvalue weighted by atomic mass is 16.5. The number of carboxylic acid groups (broad SMARTS) is 2. The normalized spacial score (nSPS) is 10.4.